The Morgan fingerprint density at radius 2 is 2.36 bits per heavy atom. The molecule has 0 aliphatic carbocycles. The molecule has 0 bridgehead atoms. The van der Waals surface area contributed by atoms with Crippen LogP contribution in [0.25, 0.3) is 5.32 Å². The molecule has 1 atom stereocenters. The molecule has 1 aliphatic rings. The van der Waals surface area contributed by atoms with Crippen molar-refractivity contribution in [3.8, 4) is 0 Å². The van der Waals surface area contributed by atoms with Gasteiger partial charge in [-0.3, -0.25) is 4.79 Å². The maximum atomic E-state index is 10.9. The van der Waals surface area contributed by atoms with Crippen LogP contribution in [0, 0.1) is 0 Å². The molecular weight excluding hydrogens is 216 g/mol. The Kier molecular flexibility index (Phi) is 5.99. The van der Waals surface area contributed by atoms with Gasteiger partial charge < -0.3 is 15.6 Å². The molecule has 4 nitrogen and oxygen atoms in total. The number of likely N-dealkylation sites (N-methyl/N-ethyl adjacent to an activating group) is 1. The summed E-state index contributed by atoms with van der Waals surface area (Å²) in [4.78, 5) is 14.9. The molecule has 0 spiro atoms. The van der Waals surface area contributed by atoms with Gasteiger partial charge in [0.2, 0.25) is 0 Å². The molecular formula is C6H10N3ORb. The van der Waals surface area contributed by atoms with E-state index in [1.807, 2.05) is 0 Å². The molecule has 56 valence electrons. The summed E-state index contributed by atoms with van der Waals surface area (Å²) in [5.74, 6) is 0.456. The van der Waals surface area contributed by atoms with Gasteiger partial charge in [0.25, 0.3) is 0 Å². The summed E-state index contributed by atoms with van der Waals surface area (Å²) in [6.07, 6.45) is 0. The Balaban J connectivity index is 0.000001000. The summed E-state index contributed by atoms with van der Waals surface area (Å²) in [7, 11) is 1.79. The van der Waals surface area contributed by atoms with Gasteiger partial charge in [-0.05, 0) is 14.0 Å². The van der Waals surface area contributed by atoms with Crippen molar-refractivity contribution in [2.24, 2.45) is 4.99 Å². The van der Waals surface area contributed by atoms with Crippen LogP contribution in [0.5, 0.6) is 0 Å². The van der Waals surface area contributed by atoms with E-state index in [1.54, 1.807) is 14.0 Å². The Morgan fingerprint density at radius 1 is 1.73 bits per heavy atom. The van der Waals surface area contributed by atoms with Crippen molar-refractivity contribution in [2.45, 2.75) is 13.0 Å². The predicted octanol–water partition coefficient (Wildman–Crippen LogP) is -3.09. The van der Waals surface area contributed by atoms with Crippen LogP contribution in [0.3, 0.4) is 0 Å². The van der Waals surface area contributed by atoms with Gasteiger partial charge in [0, 0.05) is 12.6 Å². The quantitative estimate of drug-likeness (QED) is 0.542. The van der Waals surface area contributed by atoms with E-state index in [2.05, 4.69) is 15.6 Å². The van der Waals surface area contributed by atoms with E-state index >= 15 is 0 Å². The minimum atomic E-state index is -0.273. The zero-order valence-electron chi connectivity index (χ0n) is 7.09. The minimum absolute atomic E-state index is 0. The van der Waals surface area contributed by atoms with E-state index in [9.17, 15) is 4.79 Å². The number of hydrogen-bond donors (Lipinski definition) is 1. The SMILES string of the molecule is CNCC1N=C(C)[N-]C1=O.[Rb+]. The van der Waals surface area contributed by atoms with E-state index < -0.39 is 0 Å². The zero-order chi connectivity index (χ0) is 7.56. The Labute approximate surface area is 115 Å². The molecule has 1 aliphatic heterocycles. The Hall–Kier alpha value is 0.905. The first-order valence-corrected chi connectivity index (χ1v) is 3.18. The third kappa shape index (κ3) is 3.42. The average Bonchev–Trinajstić information content (AvgIpc) is 2.13. The van der Waals surface area contributed by atoms with Crippen LogP contribution in [0.4, 0.5) is 0 Å². The van der Waals surface area contributed by atoms with Crippen LogP contribution < -0.4 is 63.5 Å². The summed E-state index contributed by atoms with van der Waals surface area (Å²) in [5.41, 5.74) is 0. The summed E-state index contributed by atoms with van der Waals surface area (Å²) < 4.78 is 0. The zero-order valence-corrected chi connectivity index (χ0v) is 12.0. The molecule has 1 N–H and O–H groups in total. The monoisotopic (exact) mass is 225 g/mol. The van der Waals surface area contributed by atoms with Gasteiger partial charge in [-0.25, -0.2) is 0 Å². The maximum absolute atomic E-state index is 10.9. The molecule has 5 heteroatoms. The molecule has 1 rings (SSSR count). The summed E-state index contributed by atoms with van der Waals surface area (Å²) >= 11 is 0. The Morgan fingerprint density at radius 3 is 2.73 bits per heavy atom. The number of nitrogens with zero attached hydrogens (tertiary/aromatic N) is 2. The number of carbonyl (C=O) groups is 1. The van der Waals surface area contributed by atoms with Crippen molar-refractivity contribution in [1.82, 2.24) is 5.32 Å². The summed E-state index contributed by atoms with van der Waals surface area (Å²) in [5, 5.41) is 6.53. The number of amidine groups is 1. The molecule has 0 fully saturated rings. The third-order valence-electron chi connectivity index (χ3n) is 1.30. The van der Waals surface area contributed by atoms with Crippen molar-refractivity contribution in [1.29, 1.82) is 0 Å². The first-order chi connectivity index (χ1) is 4.74. The summed E-state index contributed by atoms with van der Waals surface area (Å²) in [6.45, 7) is 2.31. The fraction of sp³-hybridized carbons (Fsp3) is 0.667. The van der Waals surface area contributed by atoms with Crippen LogP contribution in [-0.4, -0.2) is 31.4 Å². The van der Waals surface area contributed by atoms with Gasteiger partial charge in [-0.1, -0.05) is 5.84 Å². The second kappa shape index (κ2) is 5.53. The fourth-order valence-electron chi connectivity index (χ4n) is 0.870. The average molecular weight is 226 g/mol. The van der Waals surface area contributed by atoms with Gasteiger partial charge >= 0.3 is 58.2 Å². The van der Waals surface area contributed by atoms with Gasteiger partial charge in [-0.15, -0.1) is 0 Å². The molecule has 1 heterocycles. The molecule has 0 radical (unpaired) electrons. The third-order valence-corrected chi connectivity index (χ3v) is 1.30. The largest absolute Gasteiger partial charge is 1.00 e. The van der Waals surface area contributed by atoms with Gasteiger partial charge in [-0.2, -0.15) is 0 Å². The van der Waals surface area contributed by atoms with Crippen molar-refractivity contribution < 1.29 is 63.0 Å². The molecule has 11 heavy (non-hydrogen) atoms. The van der Waals surface area contributed by atoms with Crippen LogP contribution in [0.2, 0.25) is 0 Å². The van der Waals surface area contributed by atoms with Crippen molar-refractivity contribution >= 4 is 11.7 Å². The topological polar surface area (TPSA) is 55.6 Å². The van der Waals surface area contributed by atoms with Crippen molar-refractivity contribution in [3.63, 3.8) is 0 Å². The minimum Gasteiger partial charge on any atom is -0.458 e. The number of amides is 1. The first-order valence-electron chi connectivity index (χ1n) is 3.18. The van der Waals surface area contributed by atoms with Crippen LogP contribution in [0.1, 0.15) is 6.92 Å². The fourth-order valence-corrected chi connectivity index (χ4v) is 0.870. The van der Waals surface area contributed by atoms with Gasteiger partial charge in [0.1, 0.15) is 0 Å². The normalized spacial score (nSPS) is 22.2. The second-order valence-electron chi connectivity index (χ2n) is 2.20. The van der Waals surface area contributed by atoms with Gasteiger partial charge in [0.15, 0.2) is 5.91 Å². The van der Waals surface area contributed by atoms with E-state index in [1.165, 1.54) is 0 Å². The number of nitrogens with one attached hydrogen (secondary N) is 1. The molecule has 0 aromatic carbocycles. The maximum Gasteiger partial charge on any atom is 1.00 e. The number of aliphatic imine (C=N–C) groups is 1. The number of carbonyl (C=O) groups excluding carboxylic acids is 1. The second-order valence-corrected chi connectivity index (χ2v) is 2.20. The van der Waals surface area contributed by atoms with E-state index in [4.69, 9.17) is 0 Å². The van der Waals surface area contributed by atoms with Crippen LogP contribution in [0.15, 0.2) is 4.99 Å². The predicted molar refractivity (Wildman–Crippen MR) is 39.2 cm³/mol. The molecule has 1 unspecified atom stereocenters. The van der Waals surface area contributed by atoms with Crippen molar-refractivity contribution in [3.05, 3.63) is 5.32 Å². The number of rotatable bonds is 2. The van der Waals surface area contributed by atoms with Crippen molar-refractivity contribution in [2.75, 3.05) is 13.6 Å². The molecule has 0 saturated heterocycles. The molecule has 0 aromatic heterocycles. The molecule has 1 amide bonds. The van der Waals surface area contributed by atoms with Crippen LogP contribution >= 0.6 is 0 Å². The Bertz CT molecular complexity index is 181. The standard InChI is InChI=1S/C6H11N3O.Rb/c1-4-8-5(3-7-2)6(10)9-4;/h5,7H,3H2,1-2H3,(H,8,9,10);/q;+1/p-1. The van der Waals surface area contributed by atoms with E-state index in [-0.39, 0.29) is 70.1 Å². The van der Waals surface area contributed by atoms with E-state index in [0.717, 1.165) is 0 Å². The number of hydrogen-bond acceptors (Lipinski definition) is 3. The summed E-state index contributed by atoms with van der Waals surface area (Å²) in [6, 6.07) is -0.273. The molecule has 0 aromatic rings. The van der Waals surface area contributed by atoms with Gasteiger partial charge in [0.05, 0.1) is 0 Å². The first kappa shape index (κ1) is 11.9. The van der Waals surface area contributed by atoms with E-state index in [0.29, 0.717) is 12.4 Å². The van der Waals surface area contributed by atoms with Crippen LogP contribution in [-0.2, 0) is 4.79 Å². The smallest absolute Gasteiger partial charge is 0.458 e. The molecule has 0 saturated carbocycles.